The maximum atomic E-state index is 12.4. The van der Waals surface area contributed by atoms with Crippen LogP contribution in [0.4, 0.5) is 13.2 Å². The Balaban J connectivity index is 1.83. The van der Waals surface area contributed by atoms with Crippen LogP contribution in [0, 0.1) is 0 Å². The molecule has 1 aromatic carbocycles. The van der Waals surface area contributed by atoms with Crippen molar-refractivity contribution in [2.75, 3.05) is 0 Å². The van der Waals surface area contributed by atoms with Gasteiger partial charge in [-0.25, -0.2) is 0 Å². The number of halogens is 3. The third kappa shape index (κ3) is 4.73. The van der Waals surface area contributed by atoms with Gasteiger partial charge in [-0.3, -0.25) is 4.79 Å². The molecule has 0 radical (unpaired) electrons. The quantitative estimate of drug-likeness (QED) is 0.894. The smallest absolute Gasteiger partial charge is 0.389 e. The van der Waals surface area contributed by atoms with Crippen molar-refractivity contribution in [1.82, 2.24) is 5.32 Å². The Bertz CT molecular complexity index is 505. The molecular weight excluding hydrogens is 295 g/mol. The van der Waals surface area contributed by atoms with Gasteiger partial charge in [-0.15, -0.1) is 0 Å². The van der Waals surface area contributed by atoms with E-state index in [1.807, 2.05) is 0 Å². The minimum absolute atomic E-state index is 0.0492. The highest BCUT2D eigenvalue weighted by Crippen LogP contribution is 2.31. The van der Waals surface area contributed by atoms with Gasteiger partial charge in [0, 0.05) is 6.54 Å². The van der Waals surface area contributed by atoms with Crippen molar-refractivity contribution in [3.8, 4) is 0 Å². The summed E-state index contributed by atoms with van der Waals surface area (Å²) in [7, 11) is 0. The zero-order valence-corrected chi connectivity index (χ0v) is 12.2. The fraction of sp³-hybridized carbons (Fsp3) is 0.562. The van der Waals surface area contributed by atoms with Crippen LogP contribution in [0.15, 0.2) is 24.3 Å². The first kappa shape index (κ1) is 16.8. The zero-order valence-electron chi connectivity index (χ0n) is 12.2. The second-order valence-electron chi connectivity index (χ2n) is 5.93. The summed E-state index contributed by atoms with van der Waals surface area (Å²) in [4.78, 5) is 11.9. The number of carbonyl (C=O) groups is 1. The molecule has 0 heterocycles. The first-order valence-electron chi connectivity index (χ1n) is 7.44. The molecule has 0 bridgehead atoms. The highest BCUT2D eigenvalue weighted by atomic mass is 19.4. The van der Waals surface area contributed by atoms with Crippen molar-refractivity contribution in [3.05, 3.63) is 35.4 Å². The van der Waals surface area contributed by atoms with Crippen molar-refractivity contribution < 1.29 is 23.1 Å². The van der Waals surface area contributed by atoms with E-state index in [2.05, 4.69) is 5.32 Å². The minimum Gasteiger partial charge on any atom is -0.389 e. The molecule has 0 saturated heterocycles. The number of alkyl halides is 3. The number of nitrogens with one attached hydrogen (secondary N) is 1. The molecule has 6 heteroatoms. The largest absolute Gasteiger partial charge is 0.416 e. The third-order valence-electron chi connectivity index (χ3n) is 4.04. The monoisotopic (exact) mass is 315 g/mol. The van der Waals surface area contributed by atoms with Crippen molar-refractivity contribution in [3.63, 3.8) is 0 Å². The average Bonchev–Trinajstić information content (AvgIpc) is 2.45. The summed E-state index contributed by atoms with van der Waals surface area (Å²) >= 11 is 0. The lowest BCUT2D eigenvalue weighted by Gasteiger charge is -2.31. The lowest BCUT2D eigenvalue weighted by atomic mass is 9.82. The predicted octanol–water partition coefficient (Wildman–Crippen LogP) is 3.41. The van der Waals surface area contributed by atoms with E-state index in [0.717, 1.165) is 31.4 Å². The van der Waals surface area contributed by atoms with Crippen molar-refractivity contribution in [2.45, 2.75) is 56.8 Å². The Hall–Kier alpha value is -1.56. The Morgan fingerprint density at radius 3 is 2.27 bits per heavy atom. The molecule has 122 valence electrons. The number of rotatable bonds is 4. The molecule has 2 N–H and O–H groups in total. The molecule has 1 fully saturated rings. The number of hydrogen-bond donors (Lipinski definition) is 2. The third-order valence-corrected chi connectivity index (χ3v) is 4.04. The number of benzene rings is 1. The topological polar surface area (TPSA) is 49.3 Å². The number of amides is 1. The summed E-state index contributed by atoms with van der Waals surface area (Å²) in [5, 5.41) is 12.9. The molecule has 3 nitrogen and oxygen atoms in total. The van der Waals surface area contributed by atoms with Crippen LogP contribution in [-0.2, 0) is 17.5 Å². The second kappa shape index (κ2) is 6.69. The molecule has 1 aliphatic carbocycles. The summed E-state index contributed by atoms with van der Waals surface area (Å²) < 4.78 is 37.3. The molecule has 22 heavy (non-hydrogen) atoms. The van der Waals surface area contributed by atoms with Crippen LogP contribution in [0.5, 0.6) is 0 Å². The van der Waals surface area contributed by atoms with E-state index in [0.29, 0.717) is 18.4 Å². The van der Waals surface area contributed by atoms with E-state index in [4.69, 9.17) is 0 Å². The Kier molecular flexibility index (Phi) is 5.11. The molecule has 0 spiro atoms. The molecule has 1 aromatic rings. The Morgan fingerprint density at radius 1 is 1.14 bits per heavy atom. The summed E-state index contributed by atoms with van der Waals surface area (Å²) in [5.41, 5.74) is -1.04. The highest BCUT2D eigenvalue weighted by molar-refractivity contribution is 5.77. The van der Waals surface area contributed by atoms with E-state index in [1.165, 1.54) is 12.1 Å². The van der Waals surface area contributed by atoms with Gasteiger partial charge in [0.2, 0.25) is 5.91 Å². The van der Waals surface area contributed by atoms with Crippen LogP contribution in [-0.4, -0.2) is 16.6 Å². The maximum Gasteiger partial charge on any atom is 0.416 e. The van der Waals surface area contributed by atoms with Gasteiger partial charge >= 0.3 is 6.18 Å². The molecule has 0 aliphatic heterocycles. The first-order valence-corrected chi connectivity index (χ1v) is 7.44. The van der Waals surface area contributed by atoms with Gasteiger partial charge in [-0.2, -0.15) is 13.2 Å². The van der Waals surface area contributed by atoms with Crippen LogP contribution in [0.1, 0.15) is 49.7 Å². The normalized spacial score (nSPS) is 18.0. The van der Waals surface area contributed by atoms with Gasteiger partial charge < -0.3 is 10.4 Å². The van der Waals surface area contributed by atoms with E-state index in [9.17, 15) is 23.1 Å². The fourth-order valence-corrected chi connectivity index (χ4v) is 2.76. The number of aliphatic hydroxyl groups is 1. The number of carbonyl (C=O) groups excluding carboxylic acids is 1. The Labute approximate surface area is 127 Å². The van der Waals surface area contributed by atoms with Crippen molar-refractivity contribution in [1.29, 1.82) is 0 Å². The summed E-state index contributed by atoms with van der Waals surface area (Å²) in [6.07, 6.45) is -0.137. The van der Waals surface area contributed by atoms with E-state index in [-0.39, 0.29) is 18.9 Å². The first-order chi connectivity index (χ1) is 10.3. The summed E-state index contributed by atoms with van der Waals surface area (Å²) in [6.45, 7) is 0.160. The molecular formula is C16H20F3NO2. The highest BCUT2D eigenvalue weighted by Gasteiger charge is 2.32. The van der Waals surface area contributed by atoms with Crippen LogP contribution in [0.3, 0.4) is 0 Å². The lowest BCUT2D eigenvalue weighted by molar-refractivity contribution is -0.137. The van der Waals surface area contributed by atoms with Crippen molar-refractivity contribution in [2.24, 2.45) is 0 Å². The van der Waals surface area contributed by atoms with Gasteiger partial charge in [0.05, 0.1) is 17.6 Å². The van der Waals surface area contributed by atoms with Gasteiger partial charge in [-0.1, -0.05) is 31.4 Å². The maximum absolute atomic E-state index is 12.4. The molecule has 1 saturated carbocycles. The van der Waals surface area contributed by atoms with Crippen LogP contribution >= 0.6 is 0 Å². The van der Waals surface area contributed by atoms with Gasteiger partial charge in [0.25, 0.3) is 0 Å². The average molecular weight is 315 g/mol. The van der Waals surface area contributed by atoms with Crippen LogP contribution in [0.2, 0.25) is 0 Å². The molecule has 1 amide bonds. The molecule has 0 aromatic heterocycles. The molecule has 0 unspecified atom stereocenters. The van der Waals surface area contributed by atoms with E-state index < -0.39 is 17.3 Å². The zero-order chi connectivity index (χ0) is 16.2. The van der Waals surface area contributed by atoms with E-state index in [1.54, 1.807) is 0 Å². The fourth-order valence-electron chi connectivity index (χ4n) is 2.76. The Morgan fingerprint density at radius 2 is 1.73 bits per heavy atom. The van der Waals surface area contributed by atoms with E-state index >= 15 is 0 Å². The van der Waals surface area contributed by atoms with Gasteiger partial charge in [0.1, 0.15) is 0 Å². The minimum atomic E-state index is -4.36. The SMILES string of the molecule is O=C(CC1(O)CCCCC1)NCc1ccc(C(F)(F)F)cc1. The summed E-state index contributed by atoms with van der Waals surface area (Å²) in [6, 6.07) is 4.68. The van der Waals surface area contributed by atoms with Crippen LogP contribution < -0.4 is 5.32 Å². The lowest BCUT2D eigenvalue weighted by Crippen LogP contribution is -2.38. The van der Waals surface area contributed by atoms with Gasteiger partial charge in [0.15, 0.2) is 0 Å². The van der Waals surface area contributed by atoms with Gasteiger partial charge in [-0.05, 0) is 30.5 Å². The molecule has 1 aliphatic rings. The van der Waals surface area contributed by atoms with Crippen molar-refractivity contribution >= 4 is 5.91 Å². The predicted molar refractivity (Wildman–Crippen MR) is 75.9 cm³/mol. The number of hydrogen-bond acceptors (Lipinski definition) is 2. The molecule has 2 rings (SSSR count). The summed E-state index contributed by atoms with van der Waals surface area (Å²) in [5.74, 6) is -0.274. The second-order valence-corrected chi connectivity index (χ2v) is 5.93. The van der Waals surface area contributed by atoms with Crippen LogP contribution in [0.25, 0.3) is 0 Å². The molecule has 0 atom stereocenters. The standard InChI is InChI=1S/C16H20F3NO2/c17-16(18,19)13-6-4-12(5-7-13)11-20-14(21)10-15(22)8-2-1-3-9-15/h4-7,22H,1-3,8-11H2,(H,20,21).